The Morgan fingerprint density at radius 3 is 2.46 bits per heavy atom. The molecular formula is C21H38O3. The molecule has 0 heterocycles. The molecule has 0 spiro atoms. The van der Waals surface area contributed by atoms with Gasteiger partial charge in [-0.15, -0.1) is 0 Å². The van der Waals surface area contributed by atoms with E-state index in [9.17, 15) is 9.90 Å². The lowest BCUT2D eigenvalue weighted by atomic mass is 10.0. The SMILES string of the molecule is C=CCOC(=O)CCCCCCCCC(O)CC=CCCCCC. The molecule has 3 heteroatoms. The van der Waals surface area contributed by atoms with E-state index in [2.05, 4.69) is 25.7 Å². The minimum absolute atomic E-state index is 0.124. The summed E-state index contributed by atoms with van der Waals surface area (Å²) in [5.74, 6) is -0.124. The highest BCUT2D eigenvalue weighted by atomic mass is 16.5. The number of allylic oxidation sites excluding steroid dienone is 1. The van der Waals surface area contributed by atoms with E-state index in [1.54, 1.807) is 6.08 Å². The molecule has 3 nitrogen and oxygen atoms in total. The number of esters is 1. The number of carbonyl (C=O) groups excluding carboxylic acids is 1. The maximum atomic E-state index is 11.3. The first-order valence-electron chi connectivity index (χ1n) is 9.80. The second-order valence-corrected chi connectivity index (χ2v) is 6.49. The molecule has 1 atom stereocenters. The van der Waals surface area contributed by atoms with Crippen LogP contribution in [0.1, 0.15) is 90.4 Å². The Bertz CT molecular complexity index is 323. The van der Waals surface area contributed by atoms with E-state index in [1.807, 2.05) is 0 Å². The summed E-state index contributed by atoms with van der Waals surface area (Å²) >= 11 is 0. The van der Waals surface area contributed by atoms with Crippen LogP contribution in [0.25, 0.3) is 0 Å². The largest absolute Gasteiger partial charge is 0.461 e. The zero-order chi connectivity index (χ0) is 17.9. The molecule has 0 aromatic heterocycles. The third-order valence-electron chi connectivity index (χ3n) is 4.08. The monoisotopic (exact) mass is 338 g/mol. The van der Waals surface area contributed by atoms with Crippen molar-refractivity contribution in [1.82, 2.24) is 0 Å². The molecule has 1 unspecified atom stereocenters. The molecule has 0 bridgehead atoms. The van der Waals surface area contributed by atoms with Crippen LogP contribution in [0.5, 0.6) is 0 Å². The molecule has 0 aliphatic carbocycles. The first-order chi connectivity index (χ1) is 11.7. The van der Waals surface area contributed by atoms with Crippen molar-refractivity contribution in [2.24, 2.45) is 0 Å². The van der Waals surface area contributed by atoms with Crippen molar-refractivity contribution in [3.8, 4) is 0 Å². The molecule has 140 valence electrons. The van der Waals surface area contributed by atoms with Gasteiger partial charge in [0.2, 0.25) is 0 Å². The van der Waals surface area contributed by atoms with E-state index in [0.29, 0.717) is 13.0 Å². The summed E-state index contributed by atoms with van der Waals surface area (Å²) in [7, 11) is 0. The predicted molar refractivity (Wildman–Crippen MR) is 102 cm³/mol. The number of hydrogen-bond donors (Lipinski definition) is 1. The maximum absolute atomic E-state index is 11.3. The molecule has 0 radical (unpaired) electrons. The molecule has 0 aromatic rings. The molecule has 0 rings (SSSR count). The first kappa shape index (κ1) is 22.9. The Morgan fingerprint density at radius 1 is 1.04 bits per heavy atom. The molecule has 0 amide bonds. The standard InChI is InChI=1S/C21H38O3/c1-3-5-6-7-10-13-16-20(22)17-14-11-8-9-12-15-18-21(23)24-19-4-2/h4,10,13,20,22H,2-3,5-9,11-12,14-19H2,1H3. The smallest absolute Gasteiger partial charge is 0.306 e. The average Bonchev–Trinajstić information content (AvgIpc) is 2.58. The summed E-state index contributed by atoms with van der Waals surface area (Å²) in [5, 5.41) is 9.91. The van der Waals surface area contributed by atoms with E-state index in [1.165, 1.54) is 25.7 Å². The van der Waals surface area contributed by atoms with Gasteiger partial charge in [0.1, 0.15) is 6.61 Å². The van der Waals surface area contributed by atoms with Gasteiger partial charge in [-0.05, 0) is 32.1 Å². The normalized spacial score (nSPS) is 12.4. The van der Waals surface area contributed by atoms with E-state index in [4.69, 9.17) is 4.74 Å². The lowest BCUT2D eigenvalue weighted by Gasteiger charge is -2.07. The third-order valence-corrected chi connectivity index (χ3v) is 4.08. The van der Waals surface area contributed by atoms with Gasteiger partial charge >= 0.3 is 5.97 Å². The van der Waals surface area contributed by atoms with E-state index in [0.717, 1.165) is 51.4 Å². The summed E-state index contributed by atoms with van der Waals surface area (Å²) in [6.45, 7) is 6.04. The van der Waals surface area contributed by atoms with E-state index < -0.39 is 0 Å². The highest BCUT2D eigenvalue weighted by molar-refractivity contribution is 5.69. The number of aliphatic hydroxyl groups is 1. The second kappa shape index (κ2) is 18.3. The molecule has 0 fully saturated rings. The van der Waals surface area contributed by atoms with Gasteiger partial charge in [0.15, 0.2) is 0 Å². The molecule has 0 saturated heterocycles. The predicted octanol–water partition coefficient (Wildman–Crippen LogP) is 5.72. The average molecular weight is 339 g/mol. The Balaban J connectivity index is 3.31. The van der Waals surface area contributed by atoms with Gasteiger partial charge in [0.05, 0.1) is 6.10 Å². The van der Waals surface area contributed by atoms with Crippen molar-refractivity contribution in [2.75, 3.05) is 6.61 Å². The molecule has 0 aliphatic heterocycles. The Hall–Kier alpha value is -1.09. The van der Waals surface area contributed by atoms with Crippen LogP contribution >= 0.6 is 0 Å². The van der Waals surface area contributed by atoms with Crippen LogP contribution in [-0.4, -0.2) is 23.8 Å². The highest BCUT2D eigenvalue weighted by Crippen LogP contribution is 2.12. The molecule has 0 aliphatic rings. The minimum Gasteiger partial charge on any atom is -0.461 e. The topological polar surface area (TPSA) is 46.5 Å². The number of ether oxygens (including phenoxy) is 1. The van der Waals surface area contributed by atoms with Gasteiger partial charge in [-0.1, -0.05) is 76.7 Å². The van der Waals surface area contributed by atoms with Crippen molar-refractivity contribution in [3.05, 3.63) is 24.8 Å². The van der Waals surface area contributed by atoms with E-state index in [-0.39, 0.29) is 12.1 Å². The first-order valence-corrected chi connectivity index (χ1v) is 9.80. The van der Waals surface area contributed by atoms with E-state index >= 15 is 0 Å². The van der Waals surface area contributed by atoms with Crippen molar-refractivity contribution < 1.29 is 14.6 Å². The summed E-state index contributed by atoms with van der Waals surface area (Å²) in [6.07, 6.45) is 19.5. The fraction of sp³-hybridized carbons (Fsp3) is 0.762. The zero-order valence-corrected chi connectivity index (χ0v) is 15.7. The Labute approximate surface area is 149 Å². The van der Waals surface area contributed by atoms with Gasteiger partial charge < -0.3 is 9.84 Å². The summed E-state index contributed by atoms with van der Waals surface area (Å²) < 4.78 is 4.93. The summed E-state index contributed by atoms with van der Waals surface area (Å²) in [4.78, 5) is 11.3. The highest BCUT2D eigenvalue weighted by Gasteiger charge is 2.03. The molecule has 24 heavy (non-hydrogen) atoms. The van der Waals surface area contributed by atoms with Crippen LogP contribution in [0.2, 0.25) is 0 Å². The fourth-order valence-corrected chi connectivity index (χ4v) is 2.58. The fourth-order valence-electron chi connectivity index (χ4n) is 2.58. The van der Waals surface area contributed by atoms with Crippen LogP contribution in [0.4, 0.5) is 0 Å². The van der Waals surface area contributed by atoms with Gasteiger partial charge in [-0.25, -0.2) is 0 Å². The Kier molecular flexibility index (Phi) is 17.4. The third kappa shape index (κ3) is 17.3. The van der Waals surface area contributed by atoms with Gasteiger partial charge in [-0.3, -0.25) is 4.79 Å². The molecule has 0 saturated carbocycles. The molecule has 0 aromatic carbocycles. The van der Waals surface area contributed by atoms with Gasteiger partial charge in [0, 0.05) is 6.42 Å². The van der Waals surface area contributed by atoms with Crippen LogP contribution in [-0.2, 0) is 9.53 Å². The maximum Gasteiger partial charge on any atom is 0.306 e. The molecule has 1 N–H and O–H groups in total. The van der Waals surface area contributed by atoms with Crippen molar-refractivity contribution in [2.45, 2.75) is 96.5 Å². The summed E-state index contributed by atoms with van der Waals surface area (Å²) in [6, 6.07) is 0. The number of rotatable bonds is 17. The second-order valence-electron chi connectivity index (χ2n) is 6.49. The molecular weight excluding hydrogens is 300 g/mol. The van der Waals surface area contributed by atoms with Crippen molar-refractivity contribution in [1.29, 1.82) is 0 Å². The summed E-state index contributed by atoms with van der Waals surface area (Å²) in [5.41, 5.74) is 0. The van der Waals surface area contributed by atoms with Crippen LogP contribution in [0.3, 0.4) is 0 Å². The van der Waals surface area contributed by atoms with Crippen LogP contribution in [0.15, 0.2) is 24.8 Å². The van der Waals surface area contributed by atoms with Gasteiger partial charge in [-0.2, -0.15) is 0 Å². The number of carbonyl (C=O) groups is 1. The zero-order valence-electron chi connectivity index (χ0n) is 15.7. The van der Waals surface area contributed by atoms with Crippen molar-refractivity contribution in [3.63, 3.8) is 0 Å². The number of unbranched alkanes of at least 4 members (excludes halogenated alkanes) is 8. The van der Waals surface area contributed by atoms with Crippen LogP contribution < -0.4 is 0 Å². The quantitative estimate of drug-likeness (QED) is 0.209. The Morgan fingerprint density at radius 2 is 1.75 bits per heavy atom. The van der Waals surface area contributed by atoms with Gasteiger partial charge in [0.25, 0.3) is 0 Å². The lowest BCUT2D eigenvalue weighted by Crippen LogP contribution is -2.04. The van der Waals surface area contributed by atoms with Crippen molar-refractivity contribution >= 4 is 5.97 Å². The minimum atomic E-state index is -0.188. The van der Waals surface area contributed by atoms with Crippen LogP contribution in [0, 0.1) is 0 Å². The number of aliphatic hydroxyl groups excluding tert-OH is 1. The lowest BCUT2D eigenvalue weighted by molar-refractivity contribution is -0.142. The number of hydrogen-bond acceptors (Lipinski definition) is 3.